The molecule has 1 fully saturated rings. The summed E-state index contributed by atoms with van der Waals surface area (Å²) in [6, 6.07) is 11.1. The quantitative estimate of drug-likeness (QED) is 0.824. The molecule has 1 saturated carbocycles. The third kappa shape index (κ3) is 1.64. The van der Waals surface area contributed by atoms with Crippen LogP contribution in [0.1, 0.15) is 19.8 Å². The first-order chi connectivity index (χ1) is 7.83. The molecular formula is C14H16N2. The number of anilines is 1. The summed E-state index contributed by atoms with van der Waals surface area (Å²) in [5.41, 5.74) is 2.26. The number of nitrogens with zero attached hydrogens (tertiary/aromatic N) is 1. The molecule has 0 aliphatic heterocycles. The SMILES string of the molecule is CC1CC(Nc2cccc3cccnc23)C1. The summed E-state index contributed by atoms with van der Waals surface area (Å²) in [5.74, 6) is 0.875. The summed E-state index contributed by atoms with van der Waals surface area (Å²) >= 11 is 0. The summed E-state index contributed by atoms with van der Waals surface area (Å²) < 4.78 is 0. The van der Waals surface area contributed by atoms with Gasteiger partial charge in [0.1, 0.15) is 0 Å². The third-order valence-electron chi connectivity index (χ3n) is 3.37. The predicted octanol–water partition coefficient (Wildman–Crippen LogP) is 3.45. The zero-order valence-electron chi connectivity index (χ0n) is 9.48. The number of nitrogens with one attached hydrogen (secondary N) is 1. The Bertz CT molecular complexity index is 496. The second kappa shape index (κ2) is 3.78. The van der Waals surface area contributed by atoms with Gasteiger partial charge >= 0.3 is 0 Å². The van der Waals surface area contributed by atoms with E-state index in [0.29, 0.717) is 6.04 Å². The normalized spacial score (nSPS) is 24.1. The van der Waals surface area contributed by atoms with E-state index >= 15 is 0 Å². The van der Waals surface area contributed by atoms with Crippen LogP contribution in [0.2, 0.25) is 0 Å². The number of fused-ring (bicyclic) bond motifs is 1. The van der Waals surface area contributed by atoms with Gasteiger partial charge in [-0.25, -0.2) is 0 Å². The van der Waals surface area contributed by atoms with Gasteiger partial charge in [0.05, 0.1) is 11.2 Å². The van der Waals surface area contributed by atoms with Crippen molar-refractivity contribution in [2.45, 2.75) is 25.8 Å². The maximum atomic E-state index is 4.45. The van der Waals surface area contributed by atoms with Crippen molar-refractivity contribution in [3.63, 3.8) is 0 Å². The van der Waals surface area contributed by atoms with Crippen LogP contribution in [0.4, 0.5) is 5.69 Å². The van der Waals surface area contributed by atoms with Gasteiger partial charge in [-0.1, -0.05) is 25.1 Å². The van der Waals surface area contributed by atoms with Gasteiger partial charge in [0.2, 0.25) is 0 Å². The van der Waals surface area contributed by atoms with Gasteiger partial charge in [-0.2, -0.15) is 0 Å². The Labute approximate surface area is 95.7 Å². The summed E-state index contributed by atoms with van der Waals surface area (Å²) in [6.07, 6.45) is 4.42. The lowest BCUT2D eigenvalue weighted by Crippen LogP contribution is -2.33. The molecule has 0 amide bonds. The highest BCUT2D eigenvalue weighted by molar-refractivity contribution is 5.90. The molecule has 1 aromatic heterocycles. The molecule has 0 saturated heterocycles. The lowest BCUT2D eigenvalue weighted by Gasteiger charge is -2.34. The van der Waals surface area contributed by atoms with Crippen LogP contribution < -0.4 is 5.32 Å². The zero-order chi connectivity index (χ0) is 11.0. The van der Waals surface area contributed by atoms with Crippen molar-refractivity contribution in [2.75, 3.05) is 5.32 Å². The van der Waals surface area contributed by atoms with E-state index in [-0.39, 0.29) is 0 Å². The van der Waals surface area contributed by atoms with E-state index in [1.807, 2.05) is 12.3 Å². The molecule has 0 bridgehead atoms. The van der Waals surface area contributed by atoms with Crippen molar-refractivity contribution in [3.05, 3.63) is 36.5 Å². The van der Waals surface area contributed by atoms with Crippen LogP contribution in [-0.2, 0) is 0 Å². The Morgan fingerprint density at radius 3 is 2.81 bits per heavy atom. The lowest BCUT2D eigenvalue weighted by atomic mass is 9.82. The number of aromatic nitrogens is 1. The van der Waals surface area contributed by atoms with E-state index in [1.165, 1.54) is 23.9 Å². The topological polar surface area (TPSA) is 24.9 Å². The Morgan fingerprint density at radius 1 is 1.19 bits per heavy atom. The smallest absolute Gasteiger partial charge is 0.0933 e. The van der Waals surface area contributed by atoms with E-state index in [4.69, 9.17) is 0 Å². The summed E-state index contributed by atoms with van der Waals surface area (Å²) in [5, 5.41) is 4.80. The molecule has 16 heavy (non-hydrogen) atoms. The molecule has 0 radical (unpaired) electrons. The van der Waals surface area contributed by atoms with Gasteiger partial charge in [0.15, 0.2) is 0 Å². The summed E-state index contributed by atoms with van der Waals surface area (Å²) in [7, 11) is 0. The second-order valence-electron chi connectivity index (χ2n) is 4.80. The molecular weight excluding hydrogens is 196 g/mol. The highest BCUT2D eigenvalue weighted by Crippen LogP contribution is 2.31. The Hall–Kier alpha value is -1.57. The standard InChI is InChI=1S/C14H16N2/c1-10-8-12(9-10)16-13-6-2-4-11-5-3-7-15-14(11)13/h2-7,10,12,16H,8-9H2,1H3. The fourth-order valence-electron chi connectivity index (χ4n) is 2.46. The van der Waals surface area contributed by atoms with Crippen molar-refractivity contribution in [3.8, 4) is 0 Å². The van der Waals surface area contributed by atoms with Crippen LogP contribution in [0.15, 0.2) is 36.5 Å². The molecule has 0 spiro atoms. The van der Waals surface area contributed by atoms with Crippen LogP contribution in [0.5, 0.6) is 0 Å². The third-order valence-corrected chi connectivity index (χ3v) is 3.37. The molecule has 1 aliphatic rings. The van der Waals surface area contributed by atoms with Crippen molar-refractivity contribution >= 4 is 16.6 Å². The number of hydrogen-bond acceptors (Lipinski definition) is 2. The van der Waals surface area contributed by atoms with Crippen LogP contribution in [0, 0.1) is 5.92 Å². The minimum Gasteiger partial charge on any atom is -0.381 e. The van der Waals surface area contributed by atoms with Crippen molar-refractivity contribution < 1.29 is 0 Å². The number of benzene rings is 1. The van der Waals surface area contributed by atoms with Gasteiger partial charge in [0.25, 0.3) is 0 Å². The molecule has 82 valence electrons. The zero-order valence-corrected chi connectivity index (χ0v) is 9.48. The van der Waals surface area contributed by atoms with E-state index in [9.17, 15) is 0 Å². The minimum atomic E-state index is 0.641. The van der Waals surface area contributed by atoms with Gasteiger partial charge in [-0.05, 0) is 30.9 Å². The van der Waals surface area contributed by atoms with Gasteiger partial charge in [-0.15, -0.1) is 0 Å². The monoisotopic (exact) mass is 212 g/mol. The highest BCUT2D eigenvalue weighted by Gasteiger charge is 2.25. The van der Waals surface area contributed by atoms with Gasteiger partial charge in [0, 0.05) is 17.6 Å². The average molecular weight is 212 g/mol. The molecule has 1 heterocycles. The lowest BCUT2D eigenvalue weighted by molar-refractivity contribution is 0.309. The van der Waals surface area contributed by atoms with Crippen molar-refractivity contribution in [1.82, 2.24) is 4.98 Å². The van der Waals surface area contributed by atoms with Gasteiger partial charge < -0.3 is 5.32 Å². The molecule has 2 nitrogen and oxygen atoms in total. The molecule has 2 heteroatoms. The van der Waals surface area contributed by atoms with E-state index in [2.05, 4.69) is 41.5 Å². The predicted molar refractivity (Wildman–Crippen MR) is 67.6 cm³/mol. The molecule has 1 aromatic carbocycles. The average Bonchev–Trinajstić information content (AvgIpc) is 2.27. The van der Waals surface area contributed by atoms with Crippen molar-refractivity contribution in [1.29, 1.82) is 0 Å². The molecule has 2 aromatic rings. The first-order valence-corrected chi connectivity index (χ1v) is 5.93. The van der Waals surface area contributed by atoms with E-state index < -0.39 is 0 Å². The Kier molecular flexibility index (Phi) is 2.28. The van der Waals surface area contributed by atoms with Crippen LogP contribution in [0.3, 0.4) is 0 Å². The number of pyridine rings is 1. The van der Waals surface area contributed by atoms with Crippen LogP contribution in [-0.4, -0.2) is 11.0 Å². The first-order valence-electron chi connectivity index (χ1n) is 5.93. The summed E-state index contributed by atoms with van der Waals surface area (Å²) in [4.78, 5) is 4.45. The fourth-order valence-corrected chi connectivity index (χ4v) is 2.46. The minimum absolute atomic E-state index is 0.641. The number of hydrogen-bond donors (Lipinski definition) is 1. The molecule has 0 atom stereocenters. The largest absolute Gasteiger partial charge is 0.381 e. The van der Waals surface area contributed by atoms with Gasteiger partial charge in [-0.3, -0.25) is 4.98 Å². The molecule has 1 aliphatic carbocycles. The Balaban J connectivity index is 1.91. The fraction of sp³-hybridized carbons (Fsp3) is 0.357. The second-order valence-corrected chi connectivity index (χ2v) is 4.80. The molecule has 3 rings (SSSR count). The summed E-state index contributed by atoms with van der Waals surface area (Å²) in [6.45, 7) is 2.31. The molecule has 1 N–H and O–H groups in total. The number of para-hydroxylation sites is 1. The number of rotatable bonds is 2. The molecule has 0 unspecified atom stereocenters. The maximum Gasteiger partial charge on any atom is 0.0933 e. The highest BCUT2D eigenvalue weighted by atomic mass is 14.9. The maximum absolute atomic E-state index is 4.45. The van der Waals surface area contributed by atoms with E-state index in [0.717, 1.165) is 11.4 Å². The van der Waals surface area contributed by atoms with E-state index in [1.54, 1.807) is 0 Å². The van der Waals surface area contributed by atoms with Crippen LogP contribution in [0.25, 0.3) is 10.9 Å². The van der Waals surface area contributed by atoms with Crippen LogP contribution >= 0.6 is 0 Å². The Morgan fingerprint density at radius 2 is 2.00 bits per heavy atom. The first kappa shape index (κ1) is 9.64. The van der Waals surface area contributed by atoms with Crippen molar-refractivity contribution in [2.24, 2.45) is 5.92 Å².